The SMILES string of the molecule is [2H]C([2H])([2H])c1ccc2c(n1)oc1c(N3[CH-]N(c4c(C(C)C)cccc4C(C)C)c4ccccc43)[c-]ccc12.[Ir+3].[c-]1ccccc1-c1ccccn1. The van der Waals surface area contributed by atoms with Crippen LogP contribution in [0.4, 0.5) is 22.7 Å². The zero-order chi connectivity index (χ0) is 35.0. The molecule has 0 fully saturated rings. The van der Waals surface area contributed by atoms with Crippen LogP contribution < -0.4 is 9.80 Å². The summed E-state index contributed by atoms with van der Waals surface area (Å²) in [6.07, 6.45) is 1.79. The van der Waals surface area contributed by atoms with Gasteiger partial charge in [-0.25, -0.2) is 4.98 Å². The van der Waals surface area contributed by atoms with Crippen LogP contribution in [0.25, 0.3) is 33.3 Å². The fraction of sp³-hybridized carbons (Fsp3) is 0.167. The predicted octanol–water partition coefficient (Wildman–Crippen LogP) is 11.3. The van der Waals surface area contributed by atoms with Crippen LogP contribution in [0.3, 0.4) is 0 Å². The molecule has 48 heavy (non-hydrogen) atoms. The van der Waals surface area contributed by atoms with Gasteiger partial charge in [-0.3, -0.25) is 0 Å². The minimum absolute atomic E-state index is 0. The quantitative estimate of drug-likeness (QED) is 0.162. The number of furan rings is 1. The molecule has 1 aliphatic heterocycles. The molecule has 0 saturated heterocycles. The van der Waals surface area contributed by atoms with Gasteiger partial charge in [-0.05, 0) is 65.8 Å². The molecule has 4 heterocycles. The van der Waals surface area contributed by atoms with Crippen molar-refractivity contribution in [2.45, 2.75) is 46.4 Å². The molecule has 240 valence electrons. The average molecular weight is 809 g/mol. The molecule has 3 aromatic heterocycles. The van der Waals surface area contributed by atoms with Gasteiger partial charge in [0, 0.05) is 44.0 Å². The van der Waals surface area contributed by atoms with Gasteiger partial charge in [0.1, 0.15) is 0 Å². The van der Waals surface area contributed by atoms with Crippen molar-refractivity contribution in [3.63, 3.8) is 0 Å². The van der Waals surface area contributed by atoms with E-state index in [1.807, 2.05) is 60.7 Å². The maximum absolute atomic E-state index is 7.75. The summed E-state index contributed by atoms with van der Waals surface area (Å²) in [5, 5.41) is 1.65. The van der Waals surface area contributed by atoms with Crippen molar-refractivity contribution >= 4 is 44.8 Å². The van der Waals surface area contributed by atoms with E-state index in [-0.39, 0.29) is 25.8 Å². The summed E-state index contributed by atoms with van der Waals surface area (Å²) in [5.41, 5.74) is 9.58. The third-order valence-corrected chi connectivity index (χ3v) is 8.38. The second kappa shape index (κ2) is 14.1. The summed E-state index contributed by atoms with van der Waals surface area (Å²) in [5.74, 6) is 0.698. The van der Waals surface area contributed by atoms with Crippen LogP contribution in [-0.2, 0) is 20.1 Å². The van der Waals surface area contributed by atoms with Crippen LogP contribution in [0.2, 0.25) is 0 Å². The van der Waals surface area contributed by atoms with Crippen molar-refractivity contribution in [3.05, 3.63) is 151 Å². The molecule has 0 radical (unpaired) electrons. The van der Waals surface area contributed by atoms with Crippen molar-refractivity contribution in [2.75, 3.05) is 9.80 Å². The number of nitrogens with zero attached hydrogens (tertiary/aromatic N) is 4. The van der Waals surface area contributed by atoms with E-state index in [1.54, 1.807) is 18.3 Å². The fourth-order valence-corrected chi connectivity index (χ4v) is 6.12. The second-order valence-electron chi connectivity index (χ2n) is 12.2. The van der Waals surface area contributed by atoms with Crippen LogP contribution >= 0.6 is 0 Å². The number of pyridine rings is 2. The molecule has 5 nitrogen and oxygen atoms in total. The minimum atomic E-state index is -2.30. The van der Waals surface area contributed by atoms with Gasteiger partial charge < -0.3 is 19.2 Å². The van der Waals surface area contributed by atoms with Crippen molar-refractivity contribution in [1.29, 1.82) is 0 Å². The Labute approximate surface area is 300 Å². The van der Waals surface area contributed by atoms with E-state index in [9.17, 15) is 0 Å². The summed E-state index contributed by atoms with van der Waals surface area (Å²) in [4.78, 5) is 12.9. The van der Waals surface area contributed by atoms with Crippen molar-refractivity contribution in [3.8, 4) is 11.3 Å². The molecule has 0 aliphatic carbocycles. The first-order chi connectivity index (χ1) is 24.1. The first-order valence-electron chi connectivity index (χ1n) is 17.4. The fourth-order valence-electron chi connectivity index (χ4n) is 6.12. The molecular formula is C42H37IrN4O. The van der Waals surface area contributed by atoms with E-state index in [2.05, 4.69) is 103 Å². The molecule has 4 aromatic carbocycles. The number of fused-ring (bicyclic) bond motifs is 4. The molecule has 1 aliphatic rings. The van der Waals surface area contributed by atoms with Gasteiger partial charge in [-0.15, -0.1) is 42.6 Å². The van der Waals surface area contributed by atoms with Gasteiger partial charge in [0.05, 0.1) is 0 Å². The summed E-state index contributed by atoms with van der Waals surface area (Å²) < 4.78 is 29.5. The Balaban J connectivity index is 0.000000291. The Hall–Kier alpha value is -4.77. The van der Waals surface area contributed by atoms with E-state index in [0.717, 1.165) is 39.1 Å². The van der Waals surface area contributed by atoms with E-state index >= 15 is 0 Å². The van der Waals surface area contributed by atoms with Gasteiger partial charge >= 0.3 is 20.1 Å². The molecular weight excluding hydrogens is 769 g/mol. The summed E-state index contributed by atoms with van der Waals surface area (Å²) in [6, 6.07) is 42.2. The van der Waals surface area contributed by atoms with E-state index in [1.165, 1.54) is 16.8 Å². The first-order valence-corrected chi connectivity index (χ1v) is 15.9. The Morgan fingerprint density at radius 3 is 2.12 bits per heavy atom. The monoisotopic (exact) mass is 809 g/mol. The number of hydrogen-bond donors (Lipinski definition) is 0. The zero-order valence-corrected chi connectivity index (χ0v) is 29.6. The van der Waals surface area contributed by atoms with Crippen molar-refractivity contribution in [1.82, 2.24) is 9.97 Å². The molecule has 6 heteroatoms. The van der Waals surface area contributed by atoms with Gasteiger partial charge in [-0.2, -0.15) is 18.2 Å². The standard InChI is InChI=1S/C31H29N3O.C11H8N.Ir/c1-19(2)22-10-8-11-23(20(3)4)29(22)34-18-33(26-13-6-7-14-27(26)34)28-15-9-12-24-25-17-16-21(5)32-31(25)35-30(24)28;1-2-6-10(7-3-1)11-8-4-5-9-12-11;/h6-14,16-20H,1-5H3;1-6,8-9H;/q-2;-1;+3/i5D3;;. The largest absolute Gasteiger partial charge is 3.00 e. The van der Waals surface area contributed by atoms with Crippen LogP contribution in [0, 0.1) is 25.7 Å². The molecule has 0 unspecified atom stereocenters. The van der Waals surface area contributed by atoms with Gasteiger partial charge in [-0.1, -0.05) is 81.2 Å². The number of aryl methyl sites for hydroxylation is 1. The Morgan fingerprint density at radius 1 is 0.729 bits per heavy atom. The third-order valence-electron chi connectivity index (χ3n) is 8.38. The molecule has 0 bridgehead atoms. The summed E-state index contributed by atoms with van der Waals surface area (Å²) in [6.45, 7) is 8.72. The van der Waals surface area contributed by atoms with E-state index in [4.69, 9.17) is 8.53 Å². The molecule has 0 spiro atoms. The van der Waals surface area contributed by atoms with Crippen LogP contribution in [0.5, 0.6) is 0 Å². The predicted molar refractivity (Wildman–Crippen MR) is 193 cm³/mol. The number of rotatable bonds is 5. The summed E-state index contributed by atoms with van der Waals surface area (Å²) in [7, 11) is 0. The molecule has 0 atom stereocenters. The molecule has 0 saturated carbocycles. The smallest absolute Gasteiger partial charge is 0.500 e. The number of hydrogen-bond acceptors (Lipinski definition) is 5. The average Bonchev–Trinajstić information content (AvgIpc) is 3.70. The molecule has 0 amide bonds. The Morgan fingerprint density at radius 2 is 1.46 bits per heavy atom. The number of aromatic nitrogens is 2. The van der Waals surface area contributed by atoms with E-state index < -0.39 is 6.85 Å². The number of anilines is 4. The summed E-state index contributed by atoms with van der Waals surface area (Å²) >= 11 is 0. The second-order valence-corrected chi connectivity index (χ2v) is 12.2. The normalized spacial score (nSPS) is 13.5. The maximum atomic E-state index is 7.75. The first kappa shape index (κ1) is 29.4. The number of benzene rings is 4. The van der Waals surface area contributed by atoms with Crippen molar-refractivity contribution in [2.24, 2.45) is 0 Å². The van der Waals surface area contributed by atoms with Gasteiger partial charge in [0.2, 0.25) is 5.71 Å². The Bertz CT molecular complexity index is 2210. The van der Waals surface area contributed by atoms with Gasteiger partial charge in [0.25, 0.3) is 0 Å². The van der Waals surface area contributed by atoms with Crippen LogP contribution in [0.15, 0.2) is 120 Å². The molecule has 7 aromatic rings. The molecule has 0 N–H and O–H groups in total. The molecule has 8 rings (SSSR count). The number of para-hydroxylation sites is 3. The van der Waals surface area contributed by atoms with Crippen molar-refractivity contribution < 1.29 is 28.6 Å². The van der Waals surface area contributed by atoms with E-state index in [0.29, 0.717) is 23.1 Å². The maximum Gasteiger partial charge on any atom is 3.00 e. The Kier molecular flexibility index (Phi) is 8.66. The third kappa shape index (κ3) is 6.26. The van der Waals surface area contributed by atoms with Gasteiger partial charge in [0.15, 0.2) is 0 Å². The zero-order valence-electron chi connectivity index (χ0n) is 30.2. The van der Waals surface area contributed by atoms with Crippen LogP contribution in [0.1, 0.15) is 60.5 Å². The van der Waals surface area contributed by atoms with Crippen LogP contribution in [-0.4, -0.2) is 9.97 Å². The topological polar surface area (TPSA) is 45.4 Å². The minimum Gasteiger partial charge on any atom is -0.500 e.